The molecule has 1 fully saturated rings. The molecule has 8 nitrogen and oxygen atoms in total. The third-order valence-electron chi connectivity index (χ3n) is 4.53. The first-order valence-corrected chi connectivity index (χ1v) is 9.59. The molecule has 1 amide bonds. The van der Waals surface area contributed by atoms with Crippen molar-refractivity contribution in [3.63, 3.8) is 0 Å². The van der Waals surface area contributed by atoms with Crippen LogP contribution in [0.2, 0.25) is 0 Å². The third kappa shape index (κ3) is 4.21. The van der Waals surface area contributed by atoms with Crippen LogP contribution in [0.4, 0.5) is 10.6 Å². The number of pyridine rings is 1. The van der Waals surface area contributed by atoms with Crippen LogP contribution < -0.4 is 4.90 Å². The first kappa shape index (κ1) is 20.0. The van der Waals surface area contributed by atoms with E-state index in [9.17, 15) is 9.59 Å². The van der Waals surface area contributed by atoms with Crippen molar-refractivity contribution in [2.45, 2.75) is 46.3 Å². The van der Waals surface area contributed by atoms with Crippen LogP contribution in [0.25, 0.3) is 5.65 Å². The Labute approximate surface area is 165 Å². The average Bonchev–Trinajstić information content (AvgIpc) is 3.04. The SMILES string of the molecule is CCOC(=O)c1cn2c(N3CCN(C(=O)OC(C)(C)C)C(C)C3)cccc2n1. The van der Waals surface area contributed by atoms with E-state index in [2.05, 4.69) is 9.88 Å². The summed E-state index contributed by atoms with van der Waals surface area (Å²) in [6, 6.07) is 5.75. The molecule has 0 saturated carbocycles. The molecule has 0 spiro atoms. The van der Waals surface area contributed by atoms with E-state index in [0.717, 1.165) is 5.82 Å². The number of hydrogen-bond acceptors (Lipinski definition) is 6. The van der Waals surface area contributed by atoms with E-state index >= 15 is 0 Å². The van der Waals surface area contributed by atoms with Crippen LogP contribution in [0.5, 0.6) is 0 Å². The first-order valence-electron chi connectivity index (χ1n) is 9.59. The molecule has 0 N–H and O–H groups in total. The Morgan fingerprint density at radius 1 is 1.25 bits per heavy atom. The summed E-state index contributed by atoms with van der Waals surface area (Å²) in [6.07, 6.45) is 1.41. The van der Waals surface area contributed by atoms with Crippen LogP contribution in [0.1, 0.15) is 45.1 Å². The maximum absolute atomic E-state index is 12.4. The standard InChI is InChI=1S/C20H28N4O4/c1-6-27-18(25)15-13-24-16(21-15)8-7-9-17(24)22-10-11-23(14(2)12-22)19(26)28-20(3,4)5/h7-9,13-14H,6,10-12H2,1-5H3. The molecule has 3 rings (SSSR count). The van der Waals surface area contributed by atoms with Crippen molar-refractivity contribution >= 4 is 23.5 Å². The maximum Gasteiger partial charge on any atom is 0.410 e. The van der Waals surface area contributed by atoms with Crippen LogP contribution in [0.15, 0.2) is 24.4 Å². The highest BCUT2D eigenvalue weighted by Crippen LogP contribution is 2.23. The van der Waals surface area contributed by atoms with Gasteiger partial charge in [0.1, 0.15) is 17.1 Å². The first-order chi connectivity index (χ1) is 13.2. The van der Waals surface area contributed by atoms with Gasteiger partial charge in [-0.25, -0.2) is 14.6 Å². The van der Waals surface area contributed by atoms with Gasteiger partial charge in [-0.05, 0) is 46.8 Å². The number of hydrogen-bond donors (Lipinski definition) is 0. The molecule has 1 unspecified atom stereocenters. The summed E-state index contributed by atoms with van der Waals surface area (Å²) < 4.78 is 12.5. The largest absolute Gasteiger partial charge is 0.461 e. The van der Waals surface area contributed by atoms with E-state index in [1.54, 1.807) is 18.0 Å². The molecule has 0 bridgehead atoms. The number of aromatic nitrogens is 2. The number of rotatable bonds is 3. The Bertz CT molecular complexity index is 871. The fraction of sp³-hybridized carbons (Fsp3) is 0.550. The highest BCUT2D eigenvalue weighted by atomic mass is 16.6. The Morgan fingerprint density at radius 2 is 2.00 bits per heavy atom. The zero-order chi connectivity index (χ0) is 20.5. The number of ether oxygens (including phenoxy) is 2. The summed E-state index contributed by atoms with van der Waals surface area (Å²) in [6.45, 7) is 11.6. The summed E-state index contributed by atoms with van der Waals surface area (Å²) in [5.41, 5.74) is 0.456. The van der Waals surface area contributed by atoms with E-state index in [4.69, 9.17) is 9.47 Å². The normalized spacial score (nSPS) is 17.7. The molecule has 0 radical (unpaired) electrons. The molecule has 1 saturated heterocycles. The number of esters is 1. The van der Waals surface area contributed by atoms with Gasteiger partial charge in [0.2, 0.25) is 0 Å². The van der Waals surface area contributed by atoms with Gasteiger partial charge in [0.05, 0.1) is 6.61 Å². The van der Waals surface area contributed by atoms with Gasteiger partial charge in [0.25, 0.3) is 0 Å². The summed E-state index contributed by atoms with van der Waals surface area (Å²) in [4.78, 5) is 32.8. The highest BCUT2D eigenvalue weighted by Gasteiger charge is 2.31. The predicted octanol–water partition coefficient (Wildman–Crippen LogP) is 2.96. The number of piperazine rings is 1. The van der Waals surface area contributed by atoms with Gasteiger partial charge in [-0.3, -0.25) is 4.40 Å². The van der Waals surface area contributed by atoms with Gasteiger partial charge >= 0.3 is 12.1 Å². The summed E-state index contributed by atoms with van der Waals surface area (Å²) >= 11 is 0. The number of carbonyl (C=O) groups excluding carboxylic acids is 2. The summed E-state index contributed by atoms with van der Waals surface area (Å²) in [5, 5.41) is 0. The highest BCUT2D eigenvalue weighted by molar-refractivity contribution is 5.88. The molecule has 2 aromatic heterocycles. The molecule has 0 aliphatic carbocycles. The van der Waals surface area contributed by atoms with Crippen molar-refractivity contribution in [3.05, 3.63) is 30.1 Å². The van der Waals surface area contributed by atoms with Crippen molar-refractivity contribution in [2.24, 2.45) is 0 Å². The molecule has 1 aliphatic rings. The quantitative estimate of drug-likeness (QED) is 0.753. The zero-order valence-electron chi connectivity index (χ0n) is 17.1. The molecule has 2 aromatic rings. The fourth-order valence-electron chi connectivity index (χ4n) is 3.31. The number of fused-ring (bicyclic) bond motifs is 1. The fourth-order valence-corrected chi connectivity index (χ4v) is 3.31. The predicted molar refractivity (Wildman–Crippen MR) is 106 cm³/mol. The van der Waals surface area contributed by atoms with Crippen molar-refractivity contribution in [3.8, 4) is 0 Å². The Balaban J connectivity index is 1.79. The van der Waals surface area contributed by atoms with E-state index in [1.807, 2.05) is 50.3 Å². The average molecular weight is 388 g/mol. The van der Waals surface area contributed by atoms with Crippen LogP contribution in [-0.4, -0.2) is 64.2 Å². The second-order valence-corrected chi connectivity index (χ2v) is 7.93. The van der Waals surface area contributed by atoms with Crippen molar-refractivity contribution in [1.29, 1.82) is 0 Å². The molecular weight excluding hydrogens is 360 g/mol. The molecule has 1 aliphatic heterocycles. The number of nitrogens with zero attached hydrogens (tertiary/aromatic N) is 4. The Morgan fingerprint density at radius 3 is 2.64 bits per heavy atom. The molecule has 8 heteroatoms. The van der Waals surface area contributed by atoms with E-state index in [-0.39, 0.29) is 17.8 Å². The molecule has 0 aromatic carbocycles. The lowest BCUT2D eigenvalue weighted by molar-refractivity contribution is 0.0158. The number of carbonyl (C=O) groups is 2. The van der Waals surface area contributed by atoms with Crippen LogP contribution in [0, 0.1) is 0 Å². The van der Waals surface area contributed by atoms with Crippen molar-refractivity contribution in [2.75, 3.05) is 31.1 Å². The van der Waals surface area contributed by atoms with Gasteiger partial charge in [0.15, 0.2) is 5.69 Å². The summed E-state index contributed by atoms with van der Waals surface area (Å²) in [7, 11) is 0. The van der Waals surface area contributed by atoms with Gasteiger partial charge in [-0.15, -0.1) is 0 Å². The van der Waals surface area contributed by atoms with Crippen molar-refractivity contribution < 1.29 is 19.1 Å². The zero-order valence-corrected chi connectivity index (χ0v) is 17.1. The lowest BCUT2D eigenvalue weighted by atomic mass is 10.2. The lowest BCUT2D eigenvalue weighted by Gasteiger charge is -2.41. The monoisotopic (exact) mass is 388 g/mol. The number of anilines is 1. The smallest absolute Gasteiger partial charge is 0.410 e. The minimum atomic E-state index is -0.514. The lowest BCUT2D eigenvalue weighted by Crippen LogP contribution is -2.55. The van der Waals surface area contributed by atoms with Gasteiger partial charge in [-0.1, -0.05) is 6.07 Å². The maximum atomic E-state index is 12.4. The van der Waals surface area contributed by atoms with Crippen molar-refractivity contribution in [1.82, 2.24) is 14.3 Å². The molecule has 3 heterocycles. The van der Waals surface area contributed by atoms with E-state index < -0.39 is 11.6 Å². The number of imidazole rings is 1. The number of amides is 1. The second kappa shape index (κ2) is 7.69. The van der Waals surface area contributed by atoms with Gasteiger partial charge in [0, 0.05) is 31.9 Å². The Kier molecular flexibility index (Phi) is 5.49. The molecule has 28 heavy (non-hydrogen) atoms. The van der Waals surface area contributed by atoms with E-state index in [0.29, 0.717) is 31.9 Å². The minimum absolute atomic E-state index is 0.00750. The third-order valence-corrected chi connectivity index (χ3v) is 4.53. The topological polar surface area (TPSA) is 76.4 Å². The molecule has 152 valence electrons. The minimum Gasteiger partial charge on any atom is -0.461 e. The Hall–Kier alpha value is -2.77. The van der Waals surface area contributed by atoms with Gasteiger partial charge < -0.3 is 19.3 Å². The van der Waals surface area contributed by atoms with Crippen LogP contribution in [0.3, 0.4) is 0 Å². The second-order valence-electron chi connectivity index (χ2n) is 7.93. The van der Waals surface area contributed by atoms with Crippen LogP contribution >= 0.6 is 0 Å². The van der Waals surface area contributed by atoms with Crippen LogP contribution in [-0.2, 0) is 9.47 Å². The van der Waals surface area contributed by atoms with Gasteiger partial charge in [-0.2, -0.15) is 0 Å². The molecule has 1 atom stereocenters. The van der Waals surface area contributed by atoms with E-state index in [1.165, 1.54) is 0 Å². The summed E-state index contributed by atoms with van der Waals surface area (Å²) in [5.74, 6) is 0.497. The molecular formula is C20H28N4O4.